The van der Waals surface area contributed by atoms with Crippen molar-refractivity contribution < 1.29 is 0 Å². The van der Waals surface area contributed by atoms with Gasteiger partial charge in [0.2, 0.25) is 0 Å². The van der Waals surface area contributed by atoms with Gasteiger partial charge in [-0.2, -0.15) is 5.10 Å². The van der Waals surface area contributed by atoms with Crippen LogP contribution in [-0.2, 0) is 6.42 Å². The lowest BCUT2D eigenvalue weighted by Crippen LogP contribution is -1.98. The van der Waals surface area contributed by atoms with Crippen LogP contribution in [0.2, 0.25) is 0 Å². The molecule has 0 aliphatic rings. The molecule has 14 heavy (non-hydrogen) atoms. The van der Waals surface area contributed by atoms with Crippen molar-refractivity contribution in [2.24, 2.45) is 0 Å². The number of nitrogens with one attached hydrogen (secondary N) is 1. The van der Waals surface area contributed by atoms with Crippen LogP contribution in [0.4, 0.5) is 5.82 Å². The van der Waals surface area contributed by atoms with Gasteiger partial charge in [0, 0.05) is 18.8 Å². The Kier molecular flexibility index (Phi) is 2.15. The molecule has 0 saturated heterocycles. The number of anilines is 1. The van der Waals surface area contributed by atoms with E-state index >= 15 is 0 Å². The number of rotatable bonds is 2. The SMILES string of the molecule is CCc1cc(C)cc2cc(NC)nn12. The maximum absolute atomic E-state index is 4.45. The summed E-state index contributed by atoms with van der Waals surface area (Å²) in [6.45, 7) is 4.26. The third-order valence-electron chi connectivity index (χ3n) is 2.40. The number of nitrogens with zero attached hydrogens (tertiary/aromatic N) is 2. The fourth-order valence-corrected chi connectivity index (χ4v) is 1.70. The first-order valence-corrected chi connectivity index (χ1v) is 4.91. The predicted octanol–water partition coefficient (Wildman–Crippen LogP) is 2.25. The van der Waals surface area contributed by atoms with Crippen LogP contribution >= 0.6 is 0 Å². The maximum Gasteiger partial charge on any atom is 0.148 e. The number of fused-ring (bicyclic) bond motifs is 1. The van der Waals surface area contributed by atoms with E-state index in [1.54, 1.807) is 0 Å². The summed E-state index contributed by atoms with van der Waals surface area (Å²) in [5.74, 6) is 0.922. The molecule has 0 aromatic carbocycles. The molecule has 0 atom stereocenters. The summed E-state index contributed by atoms with van der Waals surface area (Å²) in [5.41, 5.74) is 3.70. The van der Waals surface area contributed by atoms with Gasteiger partial charge in [-0.25, -0.2) is 4.52 Å². The van der Waals surface area contributed by atoms with Crippen molar-refractivity contribution in [3.05, 3.63) is 29.5 Å². The molecule has 1 N–H and O–H groups in total. The fourth-order valence-electron chi connectivity index (χ4n) is 1.70. The average molecular weight is 189 g/mol. The second-order valence-corrected chi connectivity index (χ2v) is 3.49. The summed E-state index contributed by atoms with van der Waals surface area (Å²) in [6, 6.07) is 6.39. The van der Waals surface area contributed by atoms with E-state index in [-0.39, 0.29) is 0 Å². The van der Waals surface area contributed by atoms with Crippen molar-refractivity contribution in [2.45, 2.75) is 20.3 Å². The molecular weight excluding hydrogens is 174 g/mol. The molecule has 0 aliphatic carbocycles. The number of pyridine rings is 1. The monoisotopic (exact) mass is 189 g/mol. The molecule has 0 amide bonds. The normalized spacial score (nSPS) is 10.8. The number of hydrogen-bond acceptors (Lipinski definition) is 2. The van der Waals surface area contributed by atoms with Crippen LogP contribution in [0.3, 0.4) is 0 Å². The molecule has 2 rings (SSSR count). The Bertz CT molecular complexity index is 457. The Morgan fingerprint density at radius 3 is 2.79 bits per heavy atom. The van der Waals surface area contributed by atoms with E-state index in [0.717, 1.165) is 17.8 Å². The molecule has 2 aromatic heterocycles. The van der Waals surface area contributed by atoms with Gasteiger partial charge in [-0.3, -0.25) is 0 Å². The van der Waals surface area contributed by atoms with Crippen molar-refractivity contribution in [1.29, 1.82) is 0 Å². The van der Waals surface area contributed by atoms with Gasteiger partial charge in [0.25, 0.3) is 0 Å². The topological polar surface area (TPSA) is 29.3 Å². The molecule has 2 heterocycles. The Hall–Kier alpha value is -1.51. The van der Waals surface area contributed by atoms with Crippen LogP contribution in [0, 0.1) is 6.92 Å². The highest BCUT2D eigenvalue weighted by atomic mass is 15.3. The zero-order valence-electron chi connectivity index (χ0n) is 8.83. The van der Waals surface area contributed by atoms with Gasteiger partial charge in [-0.15, -0.1) is 0 Å². The first-order valence-electron chi connectivity index (χ1n) is 4.91. The first-order chi connectivity index (χ1) is 6.74. The Balaban J connectivity index is 2.71. The van der Waals surface area contributed by atoms with E-state index in [1.807, 2.05) is 11.6 Å². The molecular formula is C11H15N3. The van der Waals surface area contributed by atoms with Crippen molar-refractivity contribution in [2.75, 3.05) is 12.4 Å². The van der Waals surface area contributed by atoms with Crippen LogP contribution in [0.1, 0.15) is 18.2 Å². The van der Waals surface area contributed by atoms with Crippen LogP contribution in [0.25, 0.3) is 5.52 Å². The highest BCUT2D eigenvalue weighted by molar-refractivity contribution is 5.57. The second-order valence-electron chi connectivity index (χ2n) is 3.49. The van der Waals surface area contributed by atoms with Gasteiger partial charge < -0.3 is 5.32 Å². The van der Waals surface area contributed by atoms with Gasteiger partial charge >= 0.3 is 0 Å². The zero-order valence-corrected chi connectivity index (χ0v) is 8.83. The van der Waals surface area contributed by atoms with Crippen LogP contribution < -0.4 is 5.32 Å². The van der Waals surface area contributed by atoms with Gasteiger partial charge in [-0.05, 0) is 31.0 Å². The van der Waals surface area contributed by atoms with Gasteiger partial charge in [-0.1, -0.05) is 6.92 Å². The van der Waals surface area contributed by atoms with E-state index < -0.39 is 0 Å². The molecule has 0 fully saturated rings. The van der Waals surface area contributed by atoms with Crippen LogP contribution in [-0.4, -0.2) is 16.7 Å². The van der Waals surface area contributed by atoms with Gasteiger partial charge in [0.05, 0.1) is 5.52 Å². The highest BCUT2D eigenvalue weighted by Gasteiger charge is 2.03. The third kappa shape index (κ3) is 1.35. The summed E-state index contributed by atoms with van der Waals surface area (Å²) in [4.78, 5) is 0. The predicted molar refractivity (Wildman–Crippen MR) is 58.9 cm³/mol. The maximum atomic E-state index is 4.45. The van der Waals surface area contributed by atoms with Gasteiger partial charge in [0.15, 0.2) is 0 Å². The quantitative estimate of drug-likeness (QED) is 0.785. The minimum absolute atomic E-state index is 0.922. The lowest BCUT2D eigenvalue weighted by molar-refractivity contribution is 0.864. The Labute approximate surface area is 83.7 Å². The van der Waals surface area contributed by atoms with Crippen LogP contribution in [0.5, 0.6) is 0 Å². The summed E-state index contributed by atoms with van der Waals surface area (Å²) >= 11 is 0. The fraction of sp³-hybridized carbons (Fsp3) is 0.364. The largest absolute Gasteiger partial charge is 0.372 e. The van der Waals surface area contributed by atoms with E-state index in [0.29, 0.717) is 0 Å². The number of aromatic nitrogens is 2. The molecule has 0 spiro atoms. The van der Waals surface area contributed by atoms with E-state index in [4.69, 9.17) is 0 Å². The van der Waals surface area contributed by atoms with E-state index in [1.165, 1.54) is 11.3 Å². The summed E-state index contributed by atoms with van der Waals surface area (Å²) in [7, 11) is 1.89. The Morgan fingerprint density at radius 2 is 2.14 bits per heavy atom. The molecule has 0 saturated carbocycles. The number of hydrogen-bond donors (Lipinski definition) is 1. The molecule has 0 aliphatic heterocycles. The molecule has 0 radical (unpaired) electrons. The van der Waals surface area contributed by atoms with Crippen molar-refractivity contribution >= 4 is 11.3 Å². The minimum atomic E-state index is 0.922. The zero-order chi connectivity index (χ0) is 10.1. The van der Waals surface area contributed by atoms with Crippen molar-refractivity contribution in [1.82, 2.24) is 9.61 Å². The molecule has 74 valence electrons. The lowest BCUT2D eigenvalue weighted by Gasteiger charge is -2.02. The molecule has 0 unspecified atom stereocenters. The summed E-state index contributed by atoms with van der Waals surface area (Å²) < 4.78 is 2.00. The van der Waals surface area contributed by atoms with E-state index in [2.05, 4.69) is 42.5 Å². The lowest BCUT2D eigenvalue weighted by atomic mass is 10.2. The number of aryl methyl sites for hydroxylation is 2. The highest BCUT2D eigenvalue weighted by Crippen LogP contribution is 2.15. The standard InChI is InChI=1S/C11H15N3/c1-4-9-5-8(2)6-10-7-11(12-3)13-14(9)10/h5-7H,4H2,1-3H3,(H,12,13). The third-order valence-corrected chi connectivity index (χ3v) is 2.40. The molecule has 3 nitrogen and oxygen atoms in total. The summed E-state index contributed by atoms with van der Waals surface area (Å²) in [6.07, 6.45) is 1.00. The second kappa shape index (κ2) is 3.33. The minimum Gasteiger partial charge on any atom is -0.372 e. The molecule has 2 aromatic rings. The van der Waals surface area contributed by atoms with Crippen molar-refractivity contribution in [3.8, 4) is 0 Å². The molecule has 3 heteroatoms. The van der Waals surface area contributed by atoms with E-state index in [9.17, 15) is 0 Å². The summed E-state index contributed by atoms with van der Waals surface area (Å²) in [5, 5.41) is 7.50. The van der Waals surface area contributed by atoms with Crippen molar-refractivity contribution in [3.63, 3.8) is 0 Å². The molecule has 0 bridgehead atoms. The first kappa shape index (κ1) is 9.06. The smallest absolute Gasteiger partial charge is 0.148 e. The van der Waals surface area contributed by atoms with Crippen LogP contribution in [0.15, 0.2) is 18.2 Å². The Morgan fingerprint density at radius 1 is 1.36 bits per heavy atom. The average Bonchev–Trinajstić information content (AvgIpc) is 2.59. The van der Waals surface area contributed by atoms with Gasteiger partial charge in [0.1, 0.15) is 5.82 Å².